The van der Waals surface area contributed by atoms with E-state index in [0.717, 1.165) is 29.7 Å². The highest BCUT2D eigenvalue weighted by Gasteiger charge is 2.41. The van der Waals surface area contributed by atoms with Crippen molar-refractivity contribution in [3.8, 4) is 0 Å². The SMILES string of the molecule is Cc1ccc(C2CCC(NC(=O)C(C)c3cc(C(F)(F)F)cc(C(F)(F)F)c3)(c3ccccc3)CC2)cn1. The summed E-state index contributed by atoms with van der Waals surface area (Å²) in [6.07, 6.45) is -5.54. The first-order valence-corrected chi connectivity index (χ1v) is 12.4. The zero-order valence-corrected chi connectivity index (χ0v) is 21.0. The summed E-state index contributed by atoms with van der Waals surface area (Å²) in [5.41, 5.74) is -1.16. The Hall–Kier alpha value is -3.36. The molecule has 1 aliphatic carbocycles. The highest BCUT2D eigenvalue weighted by atomic mass is 19.4. The number of alkyl halides is 6. The number of hydrogen-bond donors (Lipinski definition) is 1. The first-order valence-electron chi connectivity index (χ1n) is 12.4. The molecule has 9 heteroatoms. The highest BCUT2D eigenvalue weighted by molar-refractivity contribution is 5.84. The predicted molar refractivity (Wildman–Crippen MR) is 131 cm³/mol. The second-order valence-electron chi connectivity index (χ2n) is 10.0. The number of benzene rings is 2. The van der Waals surface area contributed by atoms with Crippen LogP contribution in [0.5, 0.6) is 0 Å². The Balaban J connectivity index is 1.62. The molecule has 1 unspecified atom stereocenters. The molecule has 1 amide bonds. The lowest BCUT2D eigenvalue weighted by Crippen LogP contribution is -2.49. The largest absolute Gasteiger partial charge is 0.416 e. The molecule has 3 aromatic rings. The van der Waals surface area contributed by atoms with Gasteiger partial charge in [0.25, 0.3) is 0 Å². The summed E-state index contributed by atoms with van der Waals surface area (Å²) >= 11 is 0. The number of aromatic nitrogens is 1. The third-order valence-corrected chi connectivity index (χ3v) is 7.44. The van der Waals surface area contributed by atoms with Crippen molar-refractivity contribution in [1.82, 2.24) is 10.3 Å². The van der Waals surface area contributed by atoms with Gasteiger partial charge < -0.3 is 5.32 Å². The molecule has 38 heavy (non-hydrogen) atoms. The van der Waals surface area contributed by atoms with Crippen LogP contribution in [0, 0.1) is 6.92 Å². The van der Waals surface area contributed by atoms with E-state index in [1.165, 1.54) is 6.92 Å². The van der Waals surface area contributed by atoms with Gasteiger partial charge in [0.2, 0.25) is 5.91 Å². The first-order chi connectivity index (χ1) is 17.8. The van der Waals surface area contributed by atoms with Crippen molar-refractivity contribution in [2.45, 2.75) is 69.3 Å². The van der Waals surface area contributed by atoms with Gasteiger partial charge in [0.15, 0.2) is 0 Å². The number of carbonyl (C=O) groups is 1. The molecular weight excluding hydrogens is 506 g/mol. The maximum atomic E-state index is 13.4. The predicted octanol–water partition coefficient (Wildman–Crippen LogP) is 7.90. The van der Waals surface area contributed by atoms with Crippen molar-refractivity contribution in [2.75, 3.05) is 0 Å². The summed E-state index contributed by atoms with van der Waals surface area (Å²) in [6.45, 7) is 3.23. The Morgan fingerprint density at radius 2 is 1.50 bits per heavy atom. The molecule has 1 saturated carbocycles. The molecule has 1 atom stereocenters. The van der Waals surface area contributed by atoms with Crippen LogP contribution in [0.2, 0.25) is 0 Å². The molecule has 0 spiro atoms. The van der Waals surface area contributed by atoms with Gasteiger partial charge in [-0.25, -0.2) is 0 Å². The molecule has 0 aliphatic heterocycles. The van der Waals surface area contributed by atoms with Crippen molar-refractivity contribution in [1.29, 1.82) is 0 Å². The monoisotopic (exact) mass is 534 g/mol. The number of halogens is 6. The van der Waals surface area contributed by atoms with E-state index in [4.69, 9.17) is 0 Å². The molecule has 0 saturated heterocycles. The first kappa shape index (κ1) is 27.7. The van der Waals surface area contributed by atoms with E-state index >= 15 is 0 Å². The number of hydrogen-bond acceptors (Lipinski definition) is 2. The van der Waals surface area contributed by atoms with Crippen LogP contribution in [0.15, 0.2) is 66.9 Å². The fraction of sp³-hybridized carbons (Fsp3) is 0.379. The zero-order chi connectivity index (χ0) is 27.7. The van der Waals surface area contributed by atoms with E-state index in [-0.39, 0.29) is 17.5 Å². The molecule has 1 aromatic heterocycles. The van der Waals surface area contributed by atoms with Gasteiger partial charge in [-0.2, -0.15) is 26.3 Å². The van der Waals surface area contributed by atoms with Gasteiger partial charge in [0.1, 0.15) is 0 Å². The van der Waals surface area contributed by atoms with Crippen LogP contribution in [0.1, 0.15) is 78.0 Å². The quantitative estimate of drug-likeness (QED) is 0.338. The van der Waals surface area contributed by atoms with E-state index in [1.54, 1.807) is 0 Å². The van der Waals surface area contributed by atoms with Gasteiger partial charge >= 0.3 is 12.4 Å². The van der Waals surface area contributed by atoms with Crippen molar-refractivity contribution in [3.63, 3.8) is 0 Å². The molecule has 3 nitrogen and oxygen atoms in total. The molecule has 1 heterocycles. The molecule has 1 fully saturated rings. The Labute approximate surface area is 217 Å². The molecule has 0 bridgehead atoms. The topological polar surface area (TPSA) is 42.0 Å². The van der Waals surface area contributed by atoms with E-state index in [2.05, 4.69) is 10.3 Å². The zero-order valence-electron chi connectivity index (χ0n) is 21.0. The van der Waals surface area contributed by atoms with Crippen molar-refractivity contribution < 1.29 is 31.1 Å². The molecule has 4 rings (SSSR count). The lowest BCUT2D eigenvalue weighted by atomic mass is 9.71. The van der Waals surface area contributed by atoms with E-state index in [0.29, 0.717) is 25.0 Å². The summed E-state index contributed by atoms with van der Waals surface area (Å²) in [6, 6.07) is 14.6. The van der Waals surface area contributed by atoms with Crippen molar-refractivity contribution >= 4 is 5.91 Å². The third kappa shape index (κ3) is 6.03. The molecule has 2 aromatic carbocycles. The van der Waals surface area contributed by atoms with Crippen LogP contribution in [-0.4, -0.2) is 10.9 Å². The highest BCUT2D eigenvalue weighted by Crippen LogP contribution is 2.44. The number of aryl methyl sites for hydroxylation is 1. The fourth-order valence-electron chi connectivity index (χ4n) is 5.13. The lowest BCUT2D eigenvalue weighted by Gasteiger charge is -2.42. The van der Waals surface area contributed by atoms with E-state index in [9.17, 15) is 31.1 Å². The number of carbonyl (C=O) groups excluding carboxylic acids is 1. The van der Waals surface area contributed by atoms with Crippen LogP contribution in [0.4, 0.5) is 26.3 Å². The maximum absolute atomic E-state index is 13.4. The number of rotatable bonds is 5. The molecule has 0 radical (unpaired) electrons. The van der Waals surface area contributed by atoms with Gasteiger partial charge in [-0.3, -0.25) is 9.78 Å². The number of nitrogens with one attached hydrogen (secondary N) is 1. The molecule has 1 N–H and O–H groups in total. The average molecular weight is 535 g/mol. The van der Waals surface area contributed by atoms with Crippen molar-refractivity contribution in [3.05, 3.63) is 100 Å². The van der Waals surface area contributed by atoms with Crippen LogP contribution in [0.3, 0.4) is 0 Å². The number of pyridine rings is 1. The lowest BCUT2D eigenvalue weighted by molar-refractivity contribution is -0.143. The van der Waals surface area contributed by atoms with Gasteiger partial charge in [0, 0.05) is 11.9 Å². The average Bonchev–Trinajstić information content (AvgIpc) is 2.88. The summed E-state index contributed by atoms with van der Waals surface area (Å²) in [5, 5.41) is 3.03. The third-order valence-electron chi connectivity index (χ3n) is 7.44. The minimum Gasteiger partial charge on any atom is -0.346 e. The second kappa shape index (κ2) is 10.4. The van der Waals surface area contributed by atoms with E-state index in [1.807, 2.05) is 55.6 Å². The molecular formula is C29H28F6N2O. The smallest absolute Gasteiger partial charge is 0.346 e. The van der Waals surface area contributed by atoms with E-state index < -0.39 is 40.8 Å². The number of amides is 1. The van der Waals surface area contributed by atoms with Crippen LogP contribution < -0.4 is 5.32 Å². The van der Waals surface area contributed by atoms with Gasteiger partial charge in [-0.15, -0.1) is 0 Å². The summed E-state index contributed by atoms with van der Waals surface area (Å²) in [5.74, 6) is -1.64. The summed E-state index contributed by atoms with van der Waals surface area (Å²) in [4.78, 5) is 17.8. The normalized spacial score (nSPS) is 21.1. The minimum absolute atomic E-state index is 0.0702. The fourth-order valence-corrected chi connectivity index (χ4v) is 5.13. The summed E-state index contributed by atoms with van der Waals surface area (Å²) in [7, 11) is 0. The van der Waals surface area contributed by atoms with Crippen LogP contribution in [0.25, 0.3) is 0 Å². The van der Waals surface area contributed by atoms with Crippen molar-refractivity contribution in [2.24, 2.45) is 0 Å². The minimum atomic E-state index is -4.99. The Morgan fingerprint density at radius 3 is 2.00 bits per heavy atom. The second-order valence-corrected chi connectivity index (χ2v) is 10.0. The Bertz CT molecular complexity index is 1230. The van der Waals surface area contributed by atoms with Crippen LogP contribution in [-0.2, 0) is 22.7 Å². The maximum Gasteiger partial charge on any atom is 0.416 e. The standard InChI is InChI=1S/C29H28F6N2O/c1-18-8-9-21(17-36-18)20-10-12-27(13-11-20,23-6-4-3-5-7-23)37-26(38)19(2)22-14-24(28(30,31)32)16-25(15-22)29(33,34)35/h3-9,14-17,19-20H,10-13H2,1-2H3,(H,37,38). The number of nitrogens with zero attached hydrogens (tertiary/aromatic N) is 1. The Morgan fingerprint density at radius 1 is 0.921 bits per heavy atom. The Kier molecular flexibility index (Phi) is 7.59. The summed E-state index contributed by atoms with van der Waals surface area (Å²) < 4.78 is 80.3. The van der Waals surface area contributed by atoms with Gasteiger partial charge in [0.05, 0.1) is 22.6 Å². The molecule has 1 aliphatic rings. The van der Waals surface area contributed by atoms with Gasteiger partial charge in [-0.1, -0.05) is 36.4 Å². The molecule has 202 valence electrons. The van der Waals surface area contributed by atoms with Crippen LogP contribution >= 0.6 is 0 Å². The van der Waals surface area contributed by atoms with Gasteiger partial charge in [-0.05, 0) is 86.4 Å².